The van der Waals surface area contributed by atoms with Gasteiger partial charge in [-0.05, 0) is 39.1 Å². The average molecular weight is 552 g/mol. The zero-order valence-corrected chi connectivity index (χ0v) is 22.4. The van der Waals surface area contributed by atoms with Gasteiger partial charge in [-0.2, -0.15) is 15.0 Å². The molecule has 1 N–H and O–H groups in total. The zero-order chi connectivity index (χ0) is 27.6. The normalized spacial score (nSPS) is 16.9. The molecule has 4 aromatic rings. The van der Waals surface area contributed by atoms with E-state index in [-0.39, 0.29) is 11.9 Å². The Morgan fingerprint density at radius 3 is 2.25 bits per heavy atom. The Hall–Kier alpha value is -4.04. The monoisotopic (exact) mass is 551 g/mol. The Bertz CT molecular complexity index is 1450. The molecule has 2 fully saturated rings. The van der Waals surface area contributed by atoms with Crippen LogP contribution in [0.1, 0.15) is 25.1 Å². The van der Waals surface area contributed by atoms with E-state index in [1.807, 2.05) is 4.90 Å². The van der Waals surface area contributed by atoms with Crippen molar-refractivity contribution in [3.63, 3.8) is 0 Å². The fourth-order valence-corrected chi connectivity index (χ4v) is 5.08. The fourth-order valence-electron chi connectivity index (χ4n) is 5.08. The first-order valence-corrected chi connectivity index (χ1v) is 13.3. The molecule has 0 spiro atoms. The maximum Gasteiger partial charge on any atom is 0.296 e. The molecule has 210 valence electrons. The van der Waals surface area contributed by atoms with E-state index in [1.165, 1.54) is 4.57 Å². The van der Waals surface area contributed by atoms with Crippen LogP contribution >= 0.6 is 0 Å². The lowest BCUT2D eigenvalue weighted by Gasteiger charge is -2.35. The SMILES string of the molecule is CN(C)C1CCN(c2ncc(Nc3nc(N4CCOCC4)nc(-n4c(C(F)F)nc5ccccc54)n3)cn2)CC1. The Morgan fingerprint density at radius 2 is 1.55 bits per heavy atom. The number of alkyl halides is 2. The van der Waals surface area contributed by atoms with Gasteiger partial charge in [0.2, 0.25) is 23.8 Å². The Labute approximate surface area is 230 Å². The summed E-state index contributed by atoms with van der Waals surface area (Å²) in [6.07, 6.45) is 2.64. The number of morpholine rings is 1. The minimum absolute atomic E-state index is 0.0456. The molecule has 0 atom stereocenters. The van der Waals surface area contributed by atoms with E-state index in [0.717, 1.165) is 25.9 Å². The summed E-state index contributed by atoms with van der Waals surface area (Å²) in [6.45, 7) is 3.94. The van der Waals surface area contributed by atoms with Crippen LogP contribution in [0, 0.1) is 0 Å². The molecule has 14 heteroatoms. The summed E-state index contributed by atoms with van der Waals surface area (Å²) < 4.78 is 34.9. The molecule has 0 radical (unpaired) electrons. The van der Waals surface area contributed by atoms with Crippen LogP contribution in [0.2, 0.25) is 0 Å². The molecule has 0 amide bonds. The number of anilines is 4. The molecule has 6 rings (SSSR count). The number of para-hydroxylation sites is 2. The van der Waals surface area contributed by atoms with Crippen molar-refractivity contribution in [2.24, 2.45) is 0 Å². The summed E-state index contributed by atoms with van der Waals surface area (Å²) in [4.78, 5) is 33.3. The second-order valence-corrected chi connectivity index (χ2v) is 10.0. The Balaban J connectivity index is 1.31. The molecule has 0 bridgehead atoms. The Morgan fingerprint density at radius 1 is 0.875 bits per heavy atom. The standard InChI is InChI=1S/C26H31F2N11O/c1-36(2)18-7-9-37(10-8-18)24-29-15-17(16-30-24)31-23-33-25(38-11-13-40-14-12-38)35-26(34-23)39-20-6-4-3-5-19(20)32-22(39)21(27)28/h3-6,15-16,18,21H,7-14H2,1-2H3,(H,31,33,34,35). The van der Waals surface area contributed by atoms with Gasteiger partial charge in [0.15, 0.2) is 5.82 Å². The predicted octanol–water partition coefficient (Wildman–Crippen LogP) is 3.05. The highest BCUT2D eigenvalue weighted by Gasteiger charge is 2.25. The van der Waals surface area contributed by atoms with Crippen molar-refractivity contribution in [2.45, 2.75) is 25.3 Å². The molecule has 0 aliphatic carbocycles. The van der Waals surface area contributed by atoms with Crippen LogP contribution in [0.25, 0.3) is 17.0 Å². The number of rotatable bonds is 7. The highest BCUT2D eigenvalue weighted by atomic mass is 19.3. The number of nitrogens with one attached hydrogen (secondary N) is 1. The maximum atomic E-state index is 14.1. The highest BCUT2D eigenvalue weighted by Crippen LogP contribution is 2.28. The predicted molar refractivity (Wildman–Crippen MR) is 147 cm³/mol. The summed E-state index contributed by atoms with van der Waals surface area (Å²) in [5, 5.41) is 3.14. The molecule has 0 saturated carbocycles. The van der Waals surface area contributed by atoms with Crippen LogP contribution in [0.5, 0.6) is 0 Å². The van der Waals surface area contributed by atoms with Crippen LogP contribution in [0.3, 0.4) is 0 Å². The number of benzene rings is 1. The number of hydrogen-bond donors (Lipinski definition) is 1. The number of imidazole rings is 1. The number of nitrogens with zero attached hydrogens (tertiary/aromatic N) is 10. The van der Waals surface area contributed by atoms with Gasteiger partial charge in [-0.25, -0.2) is 23.7 Å². The van der Waals surface area contributed by atoms with Gasteiger partial charge in [0.25, 0.3) is 6.43 Å². The van der Waals surface area contributed by atoms with Gasteiger partial charge in [-0.15, -0.1) is 0 Å². The fraction of sp³-hybridized carbons (Fsp3) is 0.462. The van der Waals surface area contributed by atoms with Crippen molar-refractivity contribution in [2.75, 3.05) is 68.6 Å². The zero-order valence-electron chi connectivity index (χ0n) is 22.4. The quantitative estimate of drug-likeness (QED) is 0.366. The molecular weight excluding hydrogens is 520 g/mol. The molecule has 0 unspecified atom stereocenters. The number of aromatic nitrogens is 7. The third-order valence-corrected chi connectivity index (χ3v) is 7.26. The van der Waals surface area contributed by atoms with Gasteiger partial charge >= 0.3 is 0 Å². The van der Waals surface area contributed by atoms with Crippen LogP contribution in [0.15, 0.2) is 36.7 Å². The molecule has 40 heavy (non-hydrogen) atoms. The lowest BCUT2D eigenvalue weighted by molar-refractivity contribution is 0.122. The smallest absolute Gasteiger partial charge is 0.296 e. The van der Waals surface area contributed by atoms with Crippen LogP contribution < -0.4 is 15.1 Å². The van der Waals surface area contributed by atoms with E-state index in [1.54, 1.807) is 36.7 Å². The summed E-state index contributed by atoms with van der Waals surface area (Å²) in [6, 6.07) is 7.48. The number of piperidine rings is 1. The molecule has 3 aromatic heterocycles. The molecular formula is C26H31F2N11O. The van der Waals surface area contributed by atoms with Gasteiger partial charge in [-0.1, -0.05) is 12.1 Å². The summed E-state index contributed by atoms with van der Waals surface area (Å²) >= 11 is 0. The average Bonchev–Trinajstić information content (AvgIpc) is 3.38. The van der Waals surface area contributed by atoms with Crippen molar-refractivity contribution in [1.82, 2.24) is 39.4 Å². The highest BCUT2D eigenvalue weighted by molar-refractivity contribution is 5.77. The van der Waals surface area contributed by atoms with E-state index in [0.29, 0.717) is 61.0 Å². The lowest BCUT2D eigenvalue weighted by atomic mass is 10.0. The maximum absolute atomic E-state index is 14.1. The molecule has 1 aromatic carbocycles. The minimum atomic E-state index is -2.82. The van der Waals surface area contributed by atoms with Gasteiger partial charge in [0, 0.05) is 32.2 Å². The number of ether oxygens (including phenoxy) is 1. The first kappa shape index (κ1) is 26.2. The van der Waals surface area contributed by atoms with E-state index >= 15 is 0 Å². The van der Waals surface area contributed by atoms with Gasteiger partial charge < -0.3 is 24.8 Å². The van der Waals surface area contributed by atoms with E-state index in [9.17, 15) is 8.78 Å². The molecule has 2 aliphatic rings. The largest absolute Gasteiger partial charge is 0.378 e. The molecule has 2 aliphatic heterocycles. The third-order valence-electron chi connectivity index (χ3n) is 7.26. The van der Waals surface area contributed by atoms with Crippen molar-refractivity contribution < 1.29 is 13.5 Å². The first-order chi connectivity index (χ1) is 19.5. The van der Waals surface area contributed by atoms with Crippen LogP contribution in [-0.4, -0.2) is 98.9 Å². The molecule has 12 nitrogen and oxygen atoms in total. The van der Waals surface area contributed by atoms with Crippen molar-refractivity contribution in [1.29, 1.82) is 0 Å². The van der Waals surface area contributed by atoms with Gasteiger partial charge in [-0.3, -0.25) is 4.57 Å². The van der Waals surface area contributed by atoms with Crippen molar-refractivity contribution in [3.8, 4) is 5.95 Å². The van der Waals surface area contributed by atoms with Crippen molar-refractivity contribution >= 4 is 34.6 Å². The van der Waals surface area contributed by atoms with E-state index in [2.05, 4.69) is 59.1 Å². The van der Waals surface area contributed by atoms with Crippen LogP contribution in [-0.2, 0) is 4.74 Å². The van der Waals surface area contributed by atoms with Crippen molar-refractivity contribution in [3.05, 3.63) is 42.5 Å². The summed E-state index contributed by atoms with van der Waals surface area (Å²) in [5.41, 5.74) is 1.48. The minimum Gasteiger partial charge on any atom is -0.378 e. The number of hydrogen-bond acceptors (Lipinski definition) is 11. The third kappa shape index (κ3) is 5.36. The molecule has 2 saturated heterocycles. The van der Waals surface area contributed by atoms with Gasteiger partial charge in [0.1, 0.15) is 0 Å². The number of halogens is 2. The first-order valence-electron chi connectivity index (χ1n) is 13.3. The summed E-state index contributed by atoms with van der Waals surface area (Å²) in [5.74, 6) is 0.823. The summed E-state index contributed by atoms with van der Waals surface area (Å²) in [7, 11) is 4.22. The second kappa shape index (κ2) is 11.2. The topological polar surface area (TPSA) is 113 Å². The Kier molecular flexibility index (Phi) is 7.34. The lowest BCUT2D eigenvalue weighted by Crippen LogP contribution is -2.42. The van der Waals surface area contributed by atoms with Crippen LogP contribution in [0.4, 0.5) is 32.3 Å². The molecule has 5 heterocycles. The second-order valence-electron chi connectivity index (χ2n) is 10.0. The van der Waals surface area contributed by atoms with E-state index < -0.39 is 12.2 Å². The number of fused-ring (bicyclic) bond motifs is 1. The van der Waals surface area contributed by atoms with Gasteiger partial charge in [0.05, 0.1) is 42.3 Å². The van der Waals surface area contributed by atoms with E-state index in [4.69, 9.17) is 4.74 Å².